The number of hydrogen-bond acceptors (Lipinski definition) is 5. The first-order valence-electron chi connectivity index (χ1n) is 7.51. The molecule has 6 nitrogen and oxygen atoms in total. The first kappa shape index (κ1) is 16.2. The molecule has 0 bridgehead atoms. The van der Waals surface area contributed by atoms with Crippen LogP contribution in [0.25, 0.3) is 0 Å². The molecule has 0 atom stereocenters. The molecular weight excluding hydrogens is 322 g/mol. The van der Waals surface area contributed by atoms with E-state index in [1.54, 1.807) is 30.4 Å². The highest BCUT2D eigenvalue weighted by molar-refractivity contribution is 7.98. The minimum atomic E-state index is -0.416. The van der Waals surface area contributed by atoms with Crippen molar-refractivity contribution in [2.45, 2.75) is 23.9 Å². The summed E-state index contributed by atoms with van der Waals surface area (Å²) in [6, 6.07) is 13.2. The minimum Gasteiger partial charge on any atom is -0.366 e. The Kier molecular flexibility index (Phi) is 5.22. The van der Waals surface area contributed by atoms with E-state index in [-0.39, 0.29) is 0 Å². The number of amides is 1. The summed E-state index contributed by atoms with van der Waals surface area (Å²) in [7, 11) is 0. The monoisotopic (exact) mass is 339 g/mol. The number of carbonyl (C=O) groups is 1. The SMILES string of the molecule is NC(=O)c1cccc(CSc2nncn2CCc2ccccn2)c1. The van der Waals surface area contributed by atoms with Crippen LogP contribution in [-0.4, -0.2) is 25.7 Å². The molecule has 0 aliphatic heterocycles. The molecule has 24 heavy (non-hydrogen) atoms. The number of hydrogen-bond donors (Lipinski definition) is 1. The number of nitrogens with two attached hydrogens (primary N) is 1. The number of nitrogens with zero attached hydrogens (tertiary/aromatic N) is 4. The fourth-order valence-corrected chi connectivity index (χ4v) is 3.14. The molecule has 0 fully saturated rings. The molecule has 1 aromatic carbocycles. The predicted octanol–water partition coefficient (Wildman–Crippen LogP) is 2.31. The van der Waals surface area contributed by atoms with Crippen LogP contribution in [0.5, 0.6) is 0 Å². The van der Waals surface area contributed by atoms with Crippen LogP contribution in [0.3, 0.4) is 0 Å². The molecule has 0 radical (unpaired) electrons. The average molecular weight is 339 g/mol. The maximum absolute atomic E-state index is 11.2. The van der Waals surface area contributed by atoms with Gasteiger partial charge in [-0.1, -0.05) is 30.0 Å². The Labute approximate surface area is 144 Å². The lowest BCUT2D eigenvalue weighted by Crippen LogP contribution is -2.10. The first-order chi connectivity index (χ1) is 11.7. The Hall–Kier alpha value is -2.67. The molecule has 2 heterocycles. The second kappa shape index (κ2) is 7.74. The Morgan fingerprint density at radius 2 is 2.12 bits per heavy atom. The molecule has 0 saturated heterocycles. The standard InChI is InChI=1S/C17H17N5OS/c18-16(23)14-5-3-4-13(10-14)11-24-17-21-20-12-22(17)9-7-15-6-1-2-8-19-15/h1-6,8,10,12H,7,9,11H2,(H2,18,23). The van der Waals surface area contributed by atoms with E-state index in [1.165, 1.54) is 0 Å². The van der Waals surface area contributed by atoms with E-state index >= 15 is 0 Å². The second-order valence-electron chi connectivity index (χ2n) is 5.23. The lowest BCUT2D eigenvalue weighted by Gasteiger charge is -2.06. The lowest BCUT2D eigenvalue weighted by atomic mass is 10.1. The van der Waals surface area contributed by atoms with Crippen molar-refractivity contribution >= 4 is 17.7 Å². The summed E-state index contributed by atoms with van der Waals surface area (Å²) in [4.78, 5) is 15.6. The van der Waals surface area contributed by atoms with E-state index in [2.05, 4.69) is 15.2 Å². The quantitative estimate of drug-likeness (QED) is 0.668. The van der Waals surface area contributed by atoms with Crippen LogP contribution in [0.4, 0.5) is 0 Å². The van der Waals surface area contributed by atoms with Gasteiger partial charge in [0, 0.05) is 36.2 Å². The minimum absolute atomic E-state index is 0.416. The molecule has 3 aromatic rings. The largest absolute Gasteiger partial charge is 0.366 e. The summed E-state index contributed by atoms with van der Waals surface area (Å²) in [6.45, 7) is 0.772. The van der Waals surface area contributed by atoms with Crippen molar-refractivity contribution in [2.75, 3.05) is 0 Å². The van der Waals surface area contributed by atoms with Crippen LogP contribution in [0, 0.1) is 0 Å². The van der Waals surface area contributed by atoms with Crippen LogP contribution < -0.4 is 5.73 Å². The lowest BCUT2D eigenvalue weighted by molar-refractivity contribution is 0.1000. The van der Waals surface area contributed by atoms with Crippen LogP contribution in [0.1, 0.15) is 21.6 Å². The molecule has 0 spiro atoms. The Bertz CT molecular complexity index is 819. The highest BCUT2D eigenvalue weighted by Gasteiger charge is 2.07. The van der Waals surface area contributed by atoms with Gasteiger partial charge in [-0.3, -0.25) is 9.78 Å². The van der Waals surface area contributed by atoms with E-state index in [0.717, 1.165) is 29.4 Å². The zero-order chi connectivity index (χ0) is 16.8. The molecule has 3 rings (SSSR count). The normalized spacial score (nSPS) is 10.7. The van der Waals surface area contributed by atoms with Crippen LogP contribution in [0.15, 0.2) is 60.1 Å². The van der Waals surface area contributed by atoms with Gasteiger partial charge < -0.3 is 10.3 Å². The smallest absolute Gasteiger partial charge is 0.248 e. The number of aromatic nitrogens is 4. The van der Waals surface area contributed by atoms with E-state index in [0.29, 0.717) is 11.3 Å². The summed E-state index contributed by atoms with van der Waals surface area (Å²) in [5, 5.41) is 9.00. The number of thioether (sulfide) groups is 1. The third kappa shape index (κ3) is 4.20. The third-order valence-electron chi connectivity index (χ3n) is 3.49. The van der Waals surface area contributed by atoms with Crippen molar-refractivity contribution in [3.63, 3.8) is 0 Å². The van der Waals surface area contributed by atoms with Crippen molar-refractivity contribution in [1.29, 1.82) is 0 Å². The first-order valence-corrected chi connectivity index (χ1v) is 8.50. The van der Waals surface area contributed by atoms with E-state index in [9.17, 15) is 4.79 Å². The zero-order valence-corrected chi connectivity index (χ0v) is 13.8. The maximum atomic E-state index is 11.2. The van der Waals surface area contributed by atoms with E-state index < -0.39 is 5.91 Å². The second-order valence-corrected chi connectivity index (χ2v) is 6.17. The highest BCUT2D eigenvalue weighted by Crippen LogP contribution is 2.21. The number of carbonyl (C=O) groups excluding carboxylic acids is 1. The summed E-state index contributed by atoms with van der Waals surface area (Å²) in [5.41, 5.74) is 7.89. The molecular formula is C17H17N5OS. The van der Waals surface area contributed by atoms with Gasteiger partial charge in [-0.2, -0.15) is 0 Å². The van der Waals surface area contributed by atoms with Crippen LogP contribution >= 0.6 is 11.8 Å². The molecule has 122 valence electrons. The summed E-state index contributed by atoms with van der Waals surface area (Å²) < 4.78 is 2.01. The molecule has 2 N–H and O–H groups in total. The fraction of sp³-hybridized carbons (Fsp3) is 0.176. The van der Waals surface area contributed by atoms with Gasteiger partial charge in [0.15, 0.2) is 5.16 Å². The van der Waals surface area contributed by atoms with E-state index in [4.69, 9.17) is 5.73 Å². The summed E-state index contributed by atoms with van der Waals surface area (Å²) >= 11 is 1.58. The Balaban J connectivity index is 1.61. The molecule has 0 aliphatic carbocycles. The number of pyridine rings is 1. The molecule has 1 amide bonds. The fourth-order valence-electron chi connectivity index (χ4n) is 2.25. The van der Waals surface area contributed by atoms with Crippen LogP contribution in [-0.2, 0) is 18.7 Å². The zero-order valence-electron chi connectivity index (χ0n) is 13.0. The number of primary amides is 1. The molecule has 0 aliphatic rings. The Morgan fingerprint density at radius 1 is 1.21 bits per heavy atom. The van der Waals surface area contributed by atoms with Gasteiger partial charge in [0.05, 0.1) is 0 Å². The van der Waals surface area contributed by atoms with Gasteiger partial charge in [-0.05, 0) is 29.8 Å². The van der Waals surface area contributed by atoms with Crippen molar-refractivity contribution in [2.24, 2.45) is 5.73 Å². The average Bonchev–Trinajstić information content (AvgIpc) is 3.07. The van der Waals surface area contributed by atoms with Gasteiger partial charge in [0.2, 0.25) is 5.91 Å². The molecule has 0 unspecified atom stereocenters. The third-order valence-corrected chi connectivity index (χ3v) is 4.55. The number of aryl methyl sites for hydroxylation is 2. The molecule has 0 saturated carbocycles. The van der Waals surface area contributed by atoms with Gasteiger partial charge in [-0.25, -0.2) is 0 Å². The van der Waals surface area contributed by atoms with Gasteiger partial charge in [0.1, 0.15) is 6.33 Å². The summed E-state index contributed by atoms with van der Waals surface area (Å²) in [6.07, 6.45) is 4.34. The topological polar surface area (TPSA) is 86.7 Å². The molecule has 2 aromatic heterocycles. The van der Waals surface area contributed by atoms with Crippen molar-refractivity contribution < 1.29 is 4.79 Å². The van der Waals surface area contributed by atoms with E-state index in [1.807, 2.05) is 41.0 Å². The molecule has 7 heteroatoms. The van der Waals surface area contributed by atoms with Crippen molar-refractivity contribution in [3.05, 3.63) is 71.8 Å². The van der Waals surface area contributed by atoms with Crippen molar-refractivity contribution in [3.8, 4) is 0 Å². The maximum Gasteiger partial charge on any atom is 0.248 e. The Morgan fingerprint density at radius 3 is 2.92 bits per heavy atom. The van der Waals surface area contributed by atoms with Gasteiger partial charge >= 0.3 is 0 Å². The number of benzene rings is 1. The summed E-state index contributed by atoms with van der Waals surface area (Å²) in [5.74, 6) is 0.282. The van der Waals surface area contributed by atoms with Gasteiger partial charge in [-0.15, -0.1) is 10.2 Å². The van der Waals surface area contributed by atoms with Gasteiger partial charge in [0.25, 0.3) is 0 Å². The number of rotatable bonds is 7. The van der Waals surface area contributed by atoms with Crippen molar-refractivity contribution in [1.82, 2.24) is 19.7 Å². The van der Waals surface area contributed by atoms with Crippen LogP contribution in [0.2, 0.25) is 0 Å². The predicted molar refractivity (Wildman–Crippen MR) is 92.5 cm³/mol. The highest BCUT2D eigenvalue weighted by atomic mass is 32.2.